The number of aliphatic hydroxyl groups is 8. The molecule has 2 fully saturated rings. The summed E-state index contributed by atoms with van der Waals surface area (Å²) in [5.74, 6) is -3.87. The summed E-state index contributed by atoms with van der Waals surface area (Å²) in [6.07, 6.45) is -15.5. The van der Waals surface area contributed by atoms with E-state index in [2.05, 4.69) is 0 Å². The third-order valence-corrected chi connectivity index (χ3v) is 10.3. The van der Waals surface area contributed by atoms with Crippen LogP contribution in [0, 0.1) is 0 Å². The second-order valence-electron chi connectivity index (χ2n) is 14.1. The van der Waals surface area contributed by atoms with Crippen molar-refractivity contribution in [2.75, 3.05) is 13.2 Å². The zero-order chi connectivity index (χ0) is 41.6. The predicted octanol–water partition coefficient (Wildman–Crippen LogP) is 0.00800. The molecule has 0 spiro atoms. The maximum Gasteiger partial charge on any atom is 0.229 e. The highest BCUT2D eigenvalue weighted by atomic mass is 16.7. The van der Waals surface area contributed by atoms with Gasteiger partial charge in [0.1, 0.15) is 77.9 Å². The first-order valence-corrected chi connectivity index (χ1v) is 18.0. The lowest BCUT2D eigenvalue weighted by atomic mass is 9.81. The van der Waals surface area contributed by atoms with Gasteiger partial charge in [-0.1, -0.05) is 36.4 Å². The van der Waals surface area contributed by atoms with Crippen molar-refractivity contribution in [3.05, 3.63) is 94.5 Å². The van der Waals surface area contributed by atoms with E-state index in [-0.39, 0.29) is 39.7 Å². The van der Waals surface area contributed by atoms with Gasteiger partial charge in [-0.15, -0.1) is 0 Å². The van der Waals surface area contributed by atoms with Gasteiger partial charge < -0.3 is 90.1 Å². The Kier molecular flexibility index (Phi) is 11.6. The maximum absolute atomic E-state index is 11.6. The molecule has 0 unspecified atom stereocenters. The van der Waals surface area contributed by atoms with E-state index in [1.807, 2.05) is 0 Å². The van der Waals surface area contributed by atoms with Gasteiger partial charge in [-0.2, -0.15) is 0 Å². The smallest absolute Gasteiger partial charge is 0.229 e. The van der Waals surface area contributed by atoms with Crippen molar-refractivity contribution >= 4 is 12.2 Å². The van der Waals surface area contributed by atoms with Crippen LogP contribution in [-0.4, -0.2) is 141 Å². The molecule has 4 aromatic rings. The van der Waals surface area contributed by atoms with E-state index in [0.717, 1.165) is 6.07 Å². The Labute approximate surface area is 329 Å². The molecule has 7 rings (SSSR count). The fourth-order valence-corrected chi connectivity index (χ4v) is 7.27. The quantitative estimate of drug-likeness (QED) is 0.0939. The van der Waals surface area contributed by atoms with Gasteiger partial charge in [-0.25, -0.2) is 0 Å². The topological polar surface area (TPSA) is 309 Å². The molecule has 0 radical (unpaired) electrons. The fourth-order valence-electron chi connectivity index (χ4n) is 7.27. The zero-order valence-electron chi connectivity index (χ0n) is 30.2. The van der Waals surface area contributed by atoms with E-state index in [1.54, 1.807) is 18.2 Å². The molecule has 18 heteroatoms. The molecular formula is C40H42O18. The lowest BCUT2D eigenvalue weighted by Gasteiger charge is -2.40. The normalized spacial score (nSPS) is 30.8. The summed E-state index contributed by atoms with van der Waals surface area (Å²) >= 11 is 0. The minimum Gasteiger partial charge on any atom is -0.508 e. The van der Waals surface area contributed by atoms with Gasteiger partial charge in [0, 0.05) is 28.8 Å². The Morgan fingerprint density at radius 3 is 1.62 bits per heavy atom. The number of fused-ring (bicyclic) bond motifs is 1. The molecule has 0 aromatic heterocycles. The average molecular weight is 811 g/mol. The van der Waals surface area contributed by atoms with E-state index in [0.29, 0.717) is 11.1 Å². The summed E-state index contributed by atoms with van der Waals surface area (Å²) in [5, 5.41) is 137. The van der Waals surface area contributed by atoms with Gasteiger partial charge >= 0.3 is 0 Å². The molecule has 310 valence electrons. The molecule has 58 heavy (non-hydrogen) atoms. The first kappa shape index (κ1) is 40.8. The van der Waals surface area contributed by atoms with Crippen LogP contribution in [0.2, 0.25) is 0 Å². The maximum atomic E-state index is 11.6. The van der Waals surface area contributed by atoms with Crippen LogP contribution in [0.4, 0.5) is 0 Å². The summed E-state index contributed by atoms with van der Waals surface area (Å²) < 4.78 is 29.7. The highest BCUT2D eigenvalue weighted by Crippen LogP contribution is 2.58. The third kappa shape index (κ3) is 7.65. The first-order valence-electron chi connectivity index (χ1n) is 18.0. The van der Waals surface area contributed by atoms with Crippen LogP contribution in [0.1, 0.15) is 39.8 Å². The van der Waals surface area contributed by atoms with E-state index < -0.39 is 110 Å². The van der Waals surface area contributed by atoms with Crippen molar-refractivity contribution in [2.45, 2.75) is 73.4 Å². The Morgan fingerprint density at radius 2 is 1.07 bits per heavy atom. The third-order valence-electron chi connectivity index (χ3n) is 10.3. The monoisotopic (exact) mass is 810 g/mol. The number of hydrogen-bond acceptors (Lipinski definition) is 18. The van der Waals surface area contributed by atoms with Gasteiger partial charge in [0.15, 0.2) is 23.0 Å². The summed E-state index contributed by atoms with van der Waals surface area (Å²) in [4.78, 5) is 0. The number of ether oxygens (including phenoxy) is 5. The molecule has 0 amide bonds. The standard InChI is InChI=1S/C40H42O18/c41-14-26-30(48)32(50)34(52)39(55-26)57-37-21(10-3-16-1-6-18(43)7-2-16)28-25(13-24(37)47)54-36(17-4-8-19(44)9-5-17)29(28)22-11-20(45)12-23(46)38(22)58-40-35(53)33(51)31(49)27(15-42)56-40/h1-13,26-27,29-36,39-53H,14-15H2/b10-3+/t26-,27-,29+,30-,31-,32+,33+,34-,35-,36-,39+,40+/m1/s1. The van der Waals surface area contributed by atoms with Crippen molar-refractivity contribution in [3.8, 4) is 46.0 Å². The first-order chi connectivity index (χ1) is 27.7. The van der Waals surface area contributed by atoms with Crippen molar-refractivity contribution in [3.63, 3.8) is 0 Å². The SMILES string of the molecule is OC[C@H]1O[C@@H](Oc2c(O)cc(O)cc2[C@H]2c3c(cc(O)c(O[C@@H]4O[C@H](CO)[C@@H](O)[C@H](O)[C@H]4O)c3/C=C/c3ccc(O)cc3)O[C@@H]2c2ccc(O)cc2)[C@H](O)[C@@H](O)[C@@H]1O. The second-order valence-corrected chi connectivity index (χ2v) is 14.1. The van der Waals surface area contributed by atoms with Crippen LogP contribution in [0.5, 0.6) is 46.0 Å². The molecule has 3 heterocycles. The molecule has 0 bridgehead atoms. The van der Waals surface area contributed by atoms with Gasteiger partial charge in [-0.05, 0) is 41.5 Å². The summed E-state index contributed by atoms with van der Waals surface area (Å²) in [6.45, 7) is -1.57. The Balaban J connectivity index is 1.44. The van der Waals surface area contributed by atoms with Crippen LogP contribution in [0.15, 0.2) is 66.7 Å². The van der Waals surface area contributed by atoms with Crippen molar-refractivity contribution in [1.82, 2.24) is 0 Å². The van der Waals surface area contributed by atoms with Crippen LogP contribution in [0.3, 0.4) is 0 Å². The van der Waals surface area contributed by atoms with Gasteiger partial charge in [-0.3, -0.25) is 0 Å². The molecule has 0 saturated carbocycles. The lowest BCUT2D eigenvalue weighted by Crippen LogP contribution is -2.60. The molecule has 13 N–H and O–H groups in total. The number of rotatable bonds is 10. The van der Waals surface area contributed by atoms with Crippen LogP contribution in [-0.2, 0) is 9.47 Å². The van der Waals surface area contributed by atoms with E-state index in [1.165, 1.54) is 54.6 Å². The summed E-state index contributed by atoms with van der Waals surface area (Å²) in [7, 11) is 0. The number of phenolic OH excluding ortho intramolecular Hbond substituents is 5. The van der Waals surface area contributed by atoms with Gasteiger partial charge in [0.2, 0.25) is 12.6 Å². The highest BCUT2D eigenvalue weighted by Gasteiger charge is 2.49. The van der Waals surface area contributed by atoms with E-state index in [9.17, 15) is 66.4 Å². The number of benzene rings is 4. The number of aliphatic hydroxyl groups excluding tert-OH is 8. The number of phenols is 5. The Morgan fingerprint density at radius 1 is 0.552 bits per heavy atom. The van der Waals surface area contributed by atoms with Crippen molar-refractivity contribution in [2.24, 2.45) is 0 Å². The minimum absolute atomic E-state index is 0.00806. The largest absolute Gasteiger partial charge is 0.508 e. The Bertz CT molecular complexity index is 2100. The minimum atomic E-state index is -1.92. The molecule has 3 aliphatic heterocycles. The molecule has 4 aromatic carbocycles. The molecule has 3 aliphatic rings. The van der Waals surface area contributed by atoms with Crippen LogP contribution >= 0.6 is 0 Å². The highest BCUT2D eigenvalue weighted by molar-refractivity contribution is 5.80. The average Bonchev–Trinajstić information content (AvgIpc) is 3.58. The van der Waals surface area contributed by atoms with Crippen LogP contribution in [0.25, 0.3) is 12.2 Å². The molecule has 2 saturated heterocycles. The van der Waals surface area contributed by atoms with Crippen LogP contribution < -0.4 is 14.2 Å². The van der Waals surface area contributed by atoms with Gasteiger partial charge in [0.25, 0.3) is 0 Å². The number of aromatic hydroxyl groups is 5. The fraction of sp³-hybridized carbons (Fsp3) is 0.350. The van der Waals surface area contributed by atoms with Crippen molar-refractivity contribution < 1.29 is 90.1 Å². The van der Waals surface area contributed by atoms with Gasteiger partial charge in [0.05, 0.1) is 19.1 Å². The molecule has 18 nitrogen and oxygen atoms in total. The van der Waals surface area contributed by atoms with E-state index >= 15 is 0 Å². The molecular weight excluding hydrogens is 768 g/mol. The predicted molar refractivity (Wildman–Crippen MR) is 197 cm³/mol. The summed E-state index contributed by atoms with van der Waals surface area (Å²) in [5.41, 5.74) is 1.09. The van der Waals surface area contributed by atoms with E-state index in [4.69, 9.17) is 23.7 Å². The molecule has 12 atom stereocenters. The summed E-state index contributed by atoms with van der Waals surface area (Å²) in [6, 6.07) is 15.1. The van der Waals surface area contributed by atoms with Crippen molar-refractivity contribution in [1.29, 1.82) is 0 Å². The zero-order valence-corrected chi connectivity index (χ0v) is 30.2. The number of hydrogen-bond donors (Lipinski definition) is 13. The lowest BCUT2D eigenvalue weighted by molar-refractivity contribution is -0.277. The molecule has 0 aliphatic carbocycles. The second kappa shape index (κ2) is 16.5. The Hall–Kier alpha value is -5.38.